The Hall–Kier alpha value is -1.32. The van der Waals surface area contributed by atoms with Crippen LogP contribution in [-0.2, 0) is 0 Å². The molecule has 0 fully saturated rings. The molecule has 1 aliphatic rings. The van der Waals surface area contributed by atoms with Gasteiger partial charge < -0.3 is 9.47 Å². The van der Waals surface area contributed by atoms with E-state index < -0.39 is 12.2 Å². The molecule has 0 saturated heterocycles. The molecule has 1 aliphatic heterocycles. The molecule has 1 aromatic carbocycles. The van der Waals surface area contributed by atoms with Gasteiger partial charge in [0, 0.05) is 0 Å². The van der Waals surface area contributed by atoms with E-state index >= 15 is 0 Å². The van der Waals surface area contributed by atoms with Crippen molar-refractivity contribution < 1.29 is 18.3 Å². The second kappa shape index (κ2) is 2.58. The molecule has 2 rings (SSSR count). The molecule has 0 aliphatic carbocycles. The number of halogens is 2. The Balaban J connectivity index is 2.39. The maximum Gasteiger partial charge on any atom is 0.435 e. The highest BCUT2D eigenvalue weighted by Gasteiger charge is 2.45. The van der Waals surface area contributed by atoms with Crippen LogP contribution in [0.25, 0.3) is 0 Å². The van der Waals surface area contributed by atoms with Crippen LogP contribution < -0.4 is 9.47 Å². The molecular formula is C9H8F2O2. The fourth-order valence-corrected chi connectivity index (χ4v) is 1.12. The van der Waals surface area contributed by atoms with E-state index in [1.165, 1.54) is 13.0 Å². The maximum atomic E-state index is 12.9. The monoisotopic (exact) mass is 186 g/mol. The predicted octanol–water partition coefficient (Wildman–Crippen LogP) is 2.44. The average Bonchev–Trinajstić information content (AvgIpc) is 2.06. The molecule has 0 N–H and O–H groups in total. The first-order chi connectivity index (χ1) is 6.09. The number of hydrogen-bond donors (Lipinski definition) is 0. The summed E-state index contributed by atoms with van der Waals surface area (Å²) in [7, 11) is 0. The summed E-state index contributed by atoms with van der Waals surface area (Å²) in [6.45, 7) is 1.27. The van der Waals surface area contributed by atoms with E-state index in [4.69, 9.17) is 4.74 Å². The largest absolute Gasteiger partial charge is 0.476 e. The van der Waals surface area contributed by atoms with Gasteiger partial charge in [0.15, 0.2) is 17.6 Å². The third kappa shape index (κ3) is 1.32. The van der Waals surface area contributed by atoms with Gasteiger partial charge in [0.05, 0.1) is 0 Å². The highest BCUT2D eigenvalue weighted by Crippen LogP contribution is 2.39. The van der Waals surface area contributed by atoms with Gasteiger partial charge in [-0.15, -0.1) is 0 Å². The van der Waals surface area contributed by atoms with Crippen LogP contribution in [0, 0.1) is 0 Å². The molecule has 0 spiro atoms. The van der Waals surface area contributed by atoms with Crippen molar-refractivity contribution in [1.82, 2.24) is 0 Å². The van der Waals surface area contributed by atoms with E-state index in [-0.39, 0.29) is 5.75 Å². The third-order valence-electron chi connectivity index (χ3n) is 1.87. The van der Waals surface area contributed by atoms with Gasteiger partial charge in [0.1, 0.15) is 0 Å². The number of para-hydroxylation sites is 2. The Bertz CT molecular complexity index is 325. The van der Waals surface area contributed by atoms with Crippen LogP contribution in [0.4, 0.5) is 8.78 Å². The van der Waals surface area contributed by atoms with Crippen molar-refractivity contribution in [3.05, 3.63) is 24.3 Å². The minimum atomic E-state index is -3.24. The van der Waals surface area contributed by atoms with Gasteiger partial charge in [-0.2, -0.15) is 8.78 Å². The van der Waals surface area contributed by atoms with Crippen molar-refractivity contribution in [1.29, 1.82) is 0 Å². The smallest absolute Gasteiger partial charge is 0.435 e. The zero-order valence-corrected chi connectivity index (χ0v) is 6.96. The van der Waals surface area contributed by atoms with E-state index in [2.05, 4.69) is 4.74 Å². The lowest BCUT2D eigenvalue weighted by atomic mass is 10.2. The number of benzene rings is 1. The summed E-state index contributed by atoms with van der Waals surface area (Å²) >= 11 is 0. The standard InChI is InChI=1S/C9H8F2O2/c1-6-9(10,11)13-8-5-3-2-4-7(8)12-6/h2-6H,1H3. The number of fused-ring (bicyclic) bond motifs is 1. The van der Waals surface area contributed by atoms with Gasteiger partial charge in [0.2, 0.25) is 0 Å². The lowest BCUT2D eigenvalue weighted by Crippen LogP contribution is -2.43. The summed E-state index contributed by atoms with van der Waals surface area (Å²) in [5.74, 6) is 0.450. The zero-order chi connectivity index (χ0) is 9.47. The second-order valence-corrected chi connectivity index (χ2v) is 2.87. The summed E-state index contributed by atoms with van der Waals surface area (Å²) in [5.41, 5.74) is 0. The van der Waals surface area contributed by atoms with Gasteiger partial charge in [-0.3, -0.25) is 0 Å². The molecule has 0 radical (unpaired) electrons. The van der Waals surface area contributed by atoms with E-state index in [0.717, 1.165) is 0 Å². The molecule has 0 bridgehead atoms. The van der Waals surface area contributed by atoms with Gasteiger partial charge in [-0.05, 0) is 19.1 Å². The lowest BCUT2D eigenvalue weighted by Gasteiger charge is -2.30. The molecule has 0 saturated carbocycles. The fraction of sp³-hybridized carbons (Fsp3) is 0.333. The number of ether oxygens (including phenoxy) is 2. The molecule has 1 heterocycles. The normalized spacial score (nSPS) is 24.1. The second-order valence-electron chi connectivity index (χ2n) is 2.87. The highest BCUT2D eigenvalue weighted by molar-refractivity contribution is 5.41. The Morgan fingerprint density at radius 2 is 1.85 bits per heavy atom. The van der Waals surface area contributed by atoms with Crippen LogP contribution in [0.15, 0.2) is 24.3 Å². The quantitative estimate of drug-likeness (QED) is 0.619. The molecule has 0 amide bonds. The number of alkyl halides is 2. The third-order valence-corrected chi connectivity index (χ3v) is 1.87. The van der Waals surface area contributed by atoms with E-state index in [1.54, 1.807) is 18.2 Å². The SMILES string of the molecule is CC1Oc2ccccc2OC1(F)F. The molecule has 1 unspecified atom stereocenters. The molecule has 1 aromatic rings. The van der Waals surface area contributed by atoms with Gasteiger partial charge >= 0.3 is 6.11 Å². The van der Waals surface area contributed by atoms with Crippen LogP contribution >= 0.6 is 0 Å². The van der Waals surface area contributed by atoms with Crippen LogP contribution in [0.5, 0.6) is 11.5 Å². The van der Waals surface area contributed by atoms with Crippen molar-refractivity contribution in [2.24, 2.45) is 0 Å². The average molecular weight is 186 g/mol. The molecule has 2 nitrogen and oxygen atoms in total. The van der Waals surface area contributed by atoms with Crippen molar-refractivity contribution in [2.75, 3.05) is 0 Å². The summed E-state index contributed by atoms with van der Waals surface area (Å²) in [6, 6.07) is 6.38. The number of rotatable bonds is 0. The van der Waals surface area contributed by atoms with Crippen LogP contribution in [0.1, 0.15) is 6.92 Å². The van der Waals surface area contributed by atoms with Gasteiger partial charge in [-0.25, -0.2) is 0 Å². The van der Waals surface area contributed by atoms with Crippen LogP contribution in [0.3, 0.4) is 0 Å². The van der Waals surface area contributed by atoms with Crippen molar-refractivity contribution in [2.45, 2.75) is 19.1 Å². The molecule has 70 valence electrons. The first-order valence-electron chi connectivity index (χ1n) is 3.92. The topological polar surface area (TPSA) is 18.5 Å². The minimum Gasteiger partial charge on any atom is -0.476 e. The van der Waals surface area contributed by atoms with E-state index in [9.17, 15) is 8.78 Å². The van der Waals surface area contributed by atoms with Crippen molar-refractivity contribution in [3.8, 4) is 11.5 Å². The van der Waals surface area contributed by atoms with Crippen molar-refractivity contribution in [3.63, 3.8) is 0 Å². The van der Waals surface area contributed by atoms with Crippen LogP contribution in [-0.4, -0.2) is 12.2 Å². The van der Waals surface area contributed by atoms with E-state index in [1.807, 2.05) is 0 Å². The first kappa shape index (κ1) is 8.29. The summed E-state index contributed by atoms with van der Waals surface area (Å²) in [5, 5.41) is 0. The summed E-state index contributed by atoms with van der Waals surface area (Å²) < 4.78 is 35.3. The molecule has 13 heavy (non-hydrogen) atoms. The Kier molecular flexibility index (Phi) is 1.65. The Labute approximate surface area is 74.1 Å². The minimum absolute atomic E-state index is 0.0885. The zero-order valence-electron chi connectivity index (χ0n) is 6.96. The molecule has 4 heteroatoms. The Morgan fingerprint density at radius 1 is 1.23 bits per heavy atom. The summed E-state index contributed by atoms with van der Waals surface area (Å²) in [4.78, 5) is 0. The van der Waals surface area contributed by atoms with E-state index in [0.29, 0.717) is 5.75 Å². The summed E-state index contributed by atoms with van der Waals surface area (Å²) in [6.07, 6.45) is -4.49. The first-order valence-corrected chi connectivity index (χ1v) is 3.92. The van der Waals surface area contributed by atoms with Gasteiger partial charge in [0.25, 0.3) is 0 Å². The molecule has 1 atom stereocenters. The maximum absolute atomic E-state index is 12.9. The molecule has 0 aromatic heterocycles. The molecular weight excluding hydrogens is 178 g/mol. The fourth-order valence-electron chi connectivity index (χ4n) is 1.12. The van der Waals surface area contributed by atoms with Gasteiger partial charge in [-0.1, -0.05) is 12.1 Å². The van der Waals surface area contributed by atoms with Crippen molar-refractivity contribution >= 4 is 0 Å². The Morgan fingerprint density at radius 3 is 2.54 bits per heavy atom. The lowest BCUT2D eigenvalue weighted by molar-refractivity contribution is -0.241. The van der Waals surface area contributed by atoms with Crippen LogP contribution in [0.2, 0.25) is 0 Å². The highest BCUT2D eigenvalue weighted by atomic mass is 19.3. The number of hydrogen-bond acceptors (Lipinski definition) is 2. The predicted molar refractivity (Wildman–Crippen MR) is 42.1 cm³/mol.